The molecule has 1 spiro atoms. The van der Waals surface area contributed by atoms with Crippen molar-refractivity contribution in [3.05, 3.63) is 11.6 Å². The Hall–Kier alpha value is -1.07. The van der Waals surface area contributed by atoms with Gasteiger partial charge in [0.25, 0.3) is 0 Å². The van der Waals surface area contributed by atoms with Crippen molar-refractivity contribution in [1.29, 1.82) is 0 Å². The molecule has 2 unspecified atom stereocenters. The van der Waals surface area contributed by atoms with Gasteiger partial charge in [-0.15, -0.1) is 0 Å². The van der Waals surface area contributed by atoms with Crippen LogP contribution in [0.5, 0.6) is 0 Å². The first-order valence-electron chi connectivity index (χ1n) is 14.2. The summed E-state index contributed by atoms with van der Waals surface area (Å²) < 4.78 is 32.4. The van der Waals surface area contributed by atoms with Crippen LogP contribution in [-0.4, -0.2) is 95.0 Å². The van der Waals surface area contributed by atoms with Gasteiger partial charge in [0, 0.05) is 17.9 Å². The fraction of sp³-hybridized carbons (Fsp3) is 0.897. The summed E-state index contributed by atoms with van der Waals surface area (Å²) in [6.07, 6.45) is -0.437. The highest BCUT2D eigenvalue weighted by molar-refractivity contribution is 5.73. The Labute approximate surface area is 227 Å². The first-order chi connectivity index (χ1) is 17.6. The third-order valence-electron chi connectivity index (χ3n) is 9.50. The number of hydrogen-bond acceptors (Lipinski definition) is 9. The molecule has 0 aliphatic carbocycles. The smallest absolute Gasteiger partial charge is 0.311 e. The van der Waals surface area contributed by atoms with E-state index in [4.69, 9.17) is 23.7 Å². The predicted molar refractivity (Wildman–Crippen MR) is 141 cm³/mol. The Kier molecular flexibility index (Phi) is 8.18. The van der Waals surface area contributed by atoms with Gasteiger partial charge in [0.1, 0.15) is 17.8 Å². The maximum atomic E-state index is 13.3. The Balaban J connectivity index is 1.77. The van der Waals surface area contributed by atoms with Crippen LogP contribution in [-0.2, 0) is 28.5 Å². The summed E-state index contributed by atoms with van der Waals surface area (Å²) in [4.78, 5) is 15.3. The van der Waals surface area contributed by atoms with Gasteiger partial charge >= 0.3 is 5.97 Å². The minimum atomic E-state index is -1.07. The van der Waals surface area contributed by atoms with Crippen molar-refractivity contribution in [3.63, 3.8) is 0 Å². The van der Waals surface area contributed by atoms with Crippen molar-refractivity contribution in [1.82, 2.24) is 4.90 Å². The van der Waals surface area contributed by atoms with Gasteiger partial charge in [-0.2, -0.15) is 0 Å². The van der Waals surface area contributed by atoms with Crippen LogP contribution < -0.4 is 0 Å². The Morgan fingerprint density at radius 2 is 1.76 bits per heavy atom. The highest BCUT2D eigenvalue weighted by Gasteiger charge is 2.64. The molecule has 0 aromatic carbocycles. The summed E-state index contributed by atoms with van der Waals surface area (Å²) in [5.41, 5.74) is -0.848. The molecule has 9 heteroatoms. The van der Waals surface area contributed by atoms with Crippen LogP contribution in [0.15, 0.2) is 11.6 Å². The number of esters is 1. The van der Waals surface area contributed by atoms with Gasteiger partial charge in [-0.1, -0.05) is 20.8 Å². The zero-order chi connectivity index (χ0) is 28.4. The van der Waals surface area contributed by atoms with Gasteiger partial charge in [0.05, 0.1) is 29.8 Å². The quantitative estimate of drug-likeness (QED) is 0.412. The topological polar surface area (TPSA) is 107 Å². The van der Waals surface area contributed by atoms with E-state index in [1.54, 1.807) is 6.92 Å². The van der Waals surface area contributed by atoms with Crippen LogP contribution in [0, 0.1) is 17.8 Å². The number of hydrogen-bond donors (Lipinski definition) is 2. The van der Waals surface area contributed by atoms with E-state index in [2.05, 4.69) is 6.92 Å². The van der Waals surface area contributed by atoms with E-state index in [-0.39, 0.29) is 18.1 Å². The first kappa shape index (κ1) is 29.9. The molecule has 4 heterocycles. The van der Waals surface area contributed by atoms with Crippen LogP contribution in [0.1, 0.15) is 74.7 Å². The SMILES string of the molecule is CC[C@H]1OC(=O)[C@H](C)[C@@H](O)[C@H](C)[C@@H](O[C@@H]2O[C@H](C)C[C@H](N(C)C)[C@H]2O)[C@@]2(C)C[C@@H](C)C3(OC1(C)C=C3C)O2. The number of nitrogens with zero attached hydrogens (tertiary/aromatic N) is 1. The summed E-state index contributed by atoms with van der Waals surface area (Å²) in [6.45, 7) is 15.5. The molecule has 9 nitrogen and oxygen atoms in total. The van der Waals surface area contributed by atoms with E-state index >= 15 is 0 Å². The number of carbonyl (C=O) groups excluding carboxylic acids is 1. The number of aliphatic hydroxyl groups excluding tert-OH is 2. The van der Waals surface area contributed by atoms with E-state index in [9.17, 15) is 15.0 Å². The predicted octanol–water partition coefficient (Wildman–Crippen LogP) is 3.01. The molecule has 0 aromatic rings. The zero-order valence-electron chi connectivity index (χ0n) is 24.8. The second kappa shape index (κ2) is 10.4. The largest absolute Gasteiger partial charge is 0.459 e. The normalized spacial score (nSPS) is 51.8. The molecule has 4 rings (SSSR count). The number of fused-ring (bicyclic) bond motifs is 2. The van der Waals surface area contributed by atoms with Crippen LogP contribution in [0.4, 0.5) is 0 Å². The molecule has 0 saturated carbocycles. The maximum absolute atomic E-state index is 13.3. The van der Waals surface area contributed by atoms with Crippen molar-refractivity contribution >= 4 is 5.97 Å². The van der Waals surface area contributed by atoms with Crippen molar-refractivity contribution in [3.8, 4) is 0 Å². The highest BCUT2D eigenvalue weighted by Crippen LogP contribution is 2.56. The lowest BCUT2D eigenvalue weighted by atomic mass is 9.78. The van der Waals surface area contributed by atoms with E-state index in [0.717, 1.165) is 5.57 Å². The average Bonchev–Trinajstić information content (AvgIpc) is 3.25. The molecule has 3 bridgehead atoms. The van der Waals surface area contributed by atoms with Gasteiger partial charge in [0.15, 0.2) is 12.1 Å². The lowest BCUT2D eigenvalue weighted by Crippen LogP contribution is -2.59. The van der Waals surface area contributed by atoms with Crippen LogP contribution in [0.25, 0.3) is 0 Å². The summed E-state index contributed by atoms with van der Waals surface area (Å²) in [6, 6.07) is -0.151. The molecule has 38 heavy (non-hydrogen) atoms. The molecule has 0 radical (unpaired) electrons. The molecular weight excluding hydrogens is 490 g/mol. The molecule has 3 saturated heterocycles. The van der Waals surface area contributed by atoms with Gasteiger partial charge in [0.2, 0.25) is 0 Å². The Morgan fingerprint density at radius 3 is 2.37 bits per heavy atom. The van der Waals surface area contributed by atoms with Crippen LogP contribution >= 0.6 is 0 Å². The summed E-state index contributed by atoms with van der Waals surface area (Å²) >= 11 is 0. The number of carbonyl (C=O) groups is 1. The van der Waals surface area contributed by atoms with Crippen LogP contribution in [0.3, 0.4) is 0 Å². The van der Waals surface area contributed by atoms with E-state index in [1.165, 1.54) is 0 Å². The molecule has 13 atom stereocenters. The monoisotopic (exact) mass is 539 g/mol. The summed E-state index contributed by atoms with van der Waals surface area (Å²) in [5.74, 6) is -2.90. The molecule has 4 aliphatic rings. The van der Waals surface area contributed by atoms with Gasteiger partial charge in [-0.3, -0.25) is 4.79 Å². The molecule has 2 N–H and O–H groups in total. The highest BCUT2D eigenvalue weighted by atomic mass is 16.8. The minimum absolute atomic E-state index is 0.0435. The van der Waals surface area contributed by atoms with Gasteiger partial charge in [-0.25, -0.2) is 0 Å². The Morgan fingerprint density at radius 1 is 1.11 bits per heavy atom. The minimum Gasteiger partial charge on any atom is -0.459 e. The van der Waals surface area contributed by atoms with Crippen molar-refractivity contribution < 1.29 is 38.7 Å². The summed E-state index contributed by atoms with van der Waals surface area (Å²) in [5, 5.41) is 22.7. The lowest BCUT2D eigenvalue weighted by Gasteiger charge is -2.47. The van der Waals surface area contributed by atoms with Crippen molar-refractivity contribution in [2.24, 2.45) is 17.8 Å². The summed E-state index contributed by atoms with van der Waals surface area (Å²) in [7, 11) is 3.86. The fourth-order valence-corrected chi connectivity index (χ4v) is 7.37. The molecule has 4 aliphatic heterocycles. The third kappa shape index (κ3) is 4.86. The molecule has 218 valence electrons. The van der Waals surface area contributed by atoms with Crippen molar-refractivity contribution in [2.45, 2.75) is 134 Å². The number of likely N-dealkylation sites (N-methyl/N-ethyl adjacent to an activating group) is 1. The number of ether oxygens (including phenoxy) is 5. The molecule has 3 fully saturated rings. The maximum Gasteiger partial charge on any atom is 0.311 e. The van der Waals surface area contributed by atoms with E-state index < -0.39 is 65.5 Å². The second-order valence-electron chi connectivity index (χ2n) is 12.9. The zero-order valence-corrected chi connectivity index (χ0v) is 24.8. The number of rotatable bonds is 4. The molecular formula is C29H49NO8. The number of cyclic esters (lactones) is 1. The van der Waals surface area contributed by atoms with E-state index in [0.29, 0.717) is 19.3 Å². The lowest BCUT2D eigenvalue weighted by molar-refractivity contribution is -0.327. The van der Waals surface area contributed by atoms with Crippen molar-refractivity contribution in [2.75, 3.05) is 14.1 Å². The van der Waals surface area contributed by atoms with Gasteiger partial charge < -0.3 is 38.8 Å². The fourth-order valence-electron chi connectivity index (χ4n) is 7.37. The van der Waals surface area contributed by atoms with E-state index in [1.807, 2.05) is 66.6 Å². The Bertz CT molecular complexity index is 926. The van der Waals surface area contributed by atoms with Gasteiger partial charge in [-0.05, 0) is 79.6 Å². The number of aliphatic hydroxyl groups is 2. The average molecular weight is 540 g/mol. The standard InChI is InChI=1S/C29H49NO8/c1-11-21-27(7)13-15(2)29(37-27)16(3)14-28(8,38-29)24(18(5)22(31)19(6)25(33)35-21)36-26-23(32)20(30(9)10)12-17(4)34-26/h13,16-24,26,31-32H,11-12,14H2,1-10H3/t16-,17-,18+,19-,20+,21-,22+,23-,24-,26+,27?,28-,29?/m1/s1. The molecule has 0 amide bonds. The molecule has 0 aromatic heterocycles. The first-order valence-corrected chi connectivity index (χ1v) is 14.2. The van der Waals surface area contributed by atoms with Crippen LogP contribution in [0.2, 0.25) is 0 Å². The second-order valence-corrected chi connectivity index (χ2v) is 12.9. The third-order valence-corrected chi connectivity index (χ3v) is 9.50.